The highest BCUT2D eigenvalue weighted by Crippen LogP contribution is 2.24. The maximum Gasteiger partial charge on any atom is 0.0682 e. The van der Waals surface area contributed by atoms with E-state index in [1.54, 1.807) is 6.07 Å². The maximum atomic E-state index is 9.04. The third-order valence-corrected chi connectivity index (χ3v) is 2.75. The van der Waals surface area contributed by atoms with Crippen molar-refractivity contribution >= 4 is 17.3 Å². The average molecular weight is 240 g/mol. The SMILES string of the molecule is C=CCCC(C)Nc1cc(CO)ccc1Cl. The summed E-state index contributed by atoms with van der Waals surface area (Å²) in [6.45, 7) is 5.83. The van der Waals surface area contributed by atoms with Gasteiger partial charge in [0.25, 0.3) is 0 Å². The number of hydrogen-bond donors (Lipinski definition) is 2. The van der Waals surface area contributed by atoms with Crippen molar-refractivity contribution in [2.45, 2.75) is 32.4 Å². The van der Waals surface area contributed by atoms with E-state index in [2.05, 4.69) is 18.8 Å². The van der Waals surface area contributed by atoms with Gasteiger partial charge in [-0.2, -0.15) is 0 Å². The predicted molar refractivity (Wildman–Crippen MR) is 69.9 cm³/mol. The summed E-state index contributed by atoms with van der Waals surface area (Å²) in [4.78, 5) is 0. The van der Waals surface area contributed by atoms with Crippen LogP contribution in [0.3, 0.4) is 0 Å². The first-order valence-electron chi connectivity index (χ1n) is 5.44. The van der Waals surface area contributed by atoms with Crippen molar-refractivity contribution in [3.8, 4) is 0 Å². The Morgan fingerprint density at radius 2 is 2.31 bits per heavy atom. The Morgan fingerprint density at radius 3 is 2.94 bits per heavy atom. The summed E-state index contributed by atoms with van der Waals surface area (Å²) in [7, 11) is 0. The Kier molecular flexibility index (Phi) is 5.36. The number of halogens is 1. The van der Waals surface area contributed by atoms with Crippen molar-refractivity contribution in [1.82, 2.24) is 0 Å². The molecule has 0 radical (unpaired) electrons. The van der Waals surface area contributed by atoms with Crippen LogP contribution in [0.1, 0.15) is 25.3 Å². The third-order valence-electron chi connectivity index (χ3n) is 2.42. The first-order chi connectivity index (χ1) is 7.67. The second-order valence-corrected chi connectivity index (χ2v) is 4.29. The second kappa shape index (κ2) is 6.56. The summed E-state index contributed by atoms with van der Waals surface area (Å²) in [5, 5.41) is 13.1. The number of allylic oxidation sites excluding steroid dienone is 1. The van der Waals surface area contributed by atoms with Gasteiger partial charge in [0, 0.05) is 6.04 Å². The highest BCUT2D eigenvalue weighted by atomic mass is 35.5. The molecule has 1 aromatic carbocycles. The molecule has 0 amide bonds. The molecule has 1 rings (SSSR count). The second-order valence-electron chi connectivity index (χ2n) is 3.88. The predicted octanol–water partition coefficient (Wildman–Crippen LogP) is 3.60. The lowest BCUT2D eigenvalue weighted by atomic mass is 10.1. The molecule has 0 saturated carbocycles. The van der Waals surface area contributed by atoms with E-state index in [0.717, 1.165) is 24.1 Å². The largest absolute Gasteiger partial charge is 0.392 e. The maximum absolute atomic E-state index is 9.04. The summed E-state index contributed by atoms with van der Waals surface area (Å²) in [6.07, 6.45) is 3.90. The number of aliphatic hydroxyl groups excluding tert-OH is 1. The molecule has 2 N–H and O–H groups in total. The number of hydrogen-bond acceptors (Lipinski definition) is 2. The van der Waals surface area contributed by atoms with E-state index >= 15 is 0 Å². The van der Waals surface area contributed by atoms with E-state index in [4.69, 9.17) is 16.7 Å². The first kappa shape index (κ1) is 13.1. The molecule has 1 aromatic rings. The molecule has 0 aliphatic rings. The molecular formula is C13H18ClNO. The number of anilines is 1. The number of benzene rings is 1. The lowest BCUT2D eigenvalue weighted by Gasteiger charge is -2.16. The fourth-order valence-corrected chi connectivity index (χ4v) is 1.66. The van der Waals surface area contributed by atoms with E-state index in [0.29, 0.717) is 11.1 Å². The Bertz CT molecular complexity index is 352. The van der Waals surface area contributed by atoms with Crippen LogP contribution in [0, 0.1) is 0 Å². The molecule has 1 unspecified atom stereocenters. The van der Waals surface area contributed by atoms with Crippen molar-refractivity contribution in [3.05, 3.63) is 41.4 Å². The molecule has 0 spiro atoms. The lowest BCUT2D eigenvalue weighted by molar-refractivity contribution is 0.282. The van der Waals surface area contributed by atoms with Gasteiger partial charge in [0.1, 0.15) is 0 Å². The van der Waals surface area contributed by atoms with Gasteiger partial charge in [-0.15, -0.1) is 6.58 Å². The molecule has 0 aromatic heterocycles. The number of rotatable bonds is 6. The van der Waals surface area contributed by atoms with Gasteiger partial charge in [-0.25, -0.2) is 0 Å². The summed E-state index contributed by atoms with van der Waals surface area (Å²) in [5.41, 5.74) is 1.74. The molecular weight excluding hydrogens is 222 g/mol. The van der Waals surface area contributed by atoms with E-state index in [-0.39, 0.29) is 6.61 Å². The molecule has 0 heterocycles. The van der Waals surface area contributed by atoms with Gasteiger partial charge in [-0.1, -0.05) is 23.7 Å². The van der Waals surface area contributed by atoms with Crippen LogP contribution in [0.25, 0.3) is 0 Å². The minimum absolute atomic E-state index is 0.0346. The molecule has 0 fully saturated rings. The minimum atomic E-state index is 0.0346. The summed E-state index contributed by atoms with van der Waals surface area (Å²) < 4.78 is 0. The van der Waals surface area contributed by atoms with E-state index < -0.39 is 0 Å². The smallest absolute Gasteiger partial charge is 0.0682 e. The van der Waals surface area contributed by atoms with Crippen molar-refractivity contribution < 1.29 is 5.11 Å². The third kappa shape index (κ3) is 3.87. The van der Waals surface area contributed by atoms with Crippen LogP contribution in [-0.4, -0.2) is 11.1 Å². The topological polar surface area (TPSA) is 32.3 Å². The van der Waals surface area contributed by atoms with E-state index in [1.165, 1.54) is 0 Å². The molecule has 0 aliphatic heterocycles. The quantitative estimate of drug-likeness (QED) is 0.744. The van der Waals surface area contributed by atoms with Gasteiger partial charge >= 0.3 is 0 Å². The molecule has 0 aliphatic carbocycles. The summed E-state index contributed by atoms with van der Waals surface area (Å²) in [6, 6.07) is 5.84. The Balaban J connectivity index is 2.67. The van der Waals surface area contributed by atoms with E-state index in [9.17, 15) is 0 Å². The minimum Gasteiger partial charge on any atom is -0.392 e. The molecule has 1 atom stereocenters. The molecule has 2 nitrogen and oxygen atoms in total. The van der Waals surface area contributed by atoms with Gasteiger partial charge in [-0.3, -0.25) is 0 Å². The van der Waals surface area contributed by atoms with Crippen molar-refractivity contribution in [3.63, 3.8) is 0 Å². The zero-order valence-corrected chi connectivity index (χ0v) is 10.3. The van der Waals surface area contributed by atoms with Crippen LogP contribution in [0.5, 0.6) is 0 Å². The van der Waals surface area contributed by atoms with Crippen molar-refractivity contribution in [2.24, 2.45) is 0 Å². The fourth-order valence-electron chi connectivity index (χ4n) is 1.49. The standard InChI is InChI=1S/C13H18ClNO/c1-3-4-5-10(2)15-13-8-11(9-16)6-7-12(13)14/h3,6-8,10,15-16H,1,4-5,9H2,2H3. The van der Waals surface area contributed by atoms with Gasteiger partial charge in [-0.05, 0) is 37.5 Å². The summed E-state index contributed by atoms with van der Waals surface area (Å²) >= 11 is 6.07. The van der Waals surface area contributed by atoms with Gasteiger partial charge in [0.15, 0.2) is 0 Å². The molecule has 3 heteroatoms. The summed E-state index contributed by atoms with van der Waals surface area (Å²) in [5.74, 6) is 0. The van der Waals surface area contributed by atoms with Crippen molar-refractivity contribution in [2.75, 3.05) is 5.32 Å². The molecule has 0 bridgehead atoms. The first-order valence-corrected chi connectivity index (χ1v) is 5.82. The van der Waals surface area contributed by atoms with Crippen LogP contribution >= 0.6 is 11.6 Å². The van der Waals surface area contributed by atoms with E-state index in [1.807, 2.05) is 18.2 Å². The fraction of sp³-hybridized carbons (Fsp3) is 0.385. The Morgan fingerprint density at radius 1 is 1.56 bits per heavy atom. The molecule has 0 saturated heterocycles. The van der Waals surface area contributed by atoms with Crippen LogP contribution in [-0.2, 0) is 6.61 Å². The number of aliphatic hydroxyl groups is 1. The monoisotopic (exact) mass is 239 g/mol. The van der Waals surface area contributed by atoms with Crippen LogP contribution in [0.15, 0.2) is 30.9 Å². The van der Waals surface area contributed by atoms with Crippen molar-refractivity contribution in [1.29, 1.82) is 0 Å². The Hall–Kier alpha value is -0.990. The lowest BCUT2D eigenvalue weighted by Crippen LogP contribution is -2.15. The van der Waals surface area contributed by atoms with Crippen LogP contribution < -0.4 is 5.32 Å². The zero-order valence-electron chi connectivity index (χ0n) is 9.54. The Labute approximate surface area is 102 Å². The average Bonchev–Trinajstić information content (AvgIpc) is 2.29. The molecule has 88 valence electrons. The van der Waals surface area contributed by atoms with Gasteiger partial charge in [0.05, 0.1) is 17.3 Å². The van der Waals surface area contributed by atoms with Gasteiger partial charge < -0.3 is 10.4 Å². The molecule has 16 heavy (non-hydrogen) atoms. The highest BCUT2D eigenvalue weighted by molar-refractivity contribution is 6.33. The van der Waals surface area contributed by atoms with Crippen LogP contribution in [0.2, 0.25) is 5.02 Å². The highest BCUT2D eigenvalue weighted by Gasteiger charge is 2.05. The normalized spacial score (nSPS) is 12.2. The van der Waals surface area contributed by atoms with Gasteiger partial charge in [0.2, 0.25) is 0 Å². The number of nitrogens with one attached hydrogen (secondary N) is 1. The zero-order chi connectivity index (χ0) is 12.0. The van der Waals surface area contributed by atoms with Crippen LogP contribution in [0.4, 0.5) is 5.69 Å².